The predicted octanol–water partition coefficient (Wildman–Crippen LogP) is 4.67. The van der Waals surface area contributed by atoms with Crippen molar-refractivity contribution in [2.24, 2.45) is 0 Å². The van der Waals surface area contributed by atoms with E-state index >= 15 is 0 Å². The Labute approximate surface area is 188 Å². The Morgan fingerprint density at radius 2 is 1.78 bits per heavy atom. The van der Waals surface area contributed by atoms with Gasteiger partial charge in [0.25, 0.3) is 5.69 Å². The quantitative estimate of drug-likeness (QED) is 0.246. The molecule has 3 rings (SSSR count). The largest absolute Gasteiger partial charge is 0.516 e. The smallest absolute Gasteiger partial charge is 0.341 e. The molecule has 170 valence electrons. The molecule has 0 atom stereocenters. The highest BCUT2D eigenvalue weighted by molar-refractivity contribution is 6.71. The summed E-state index contributed by atoms with van der Waals surface area (Å²) < 4.78 is 16.9. The summed E-state index contributed by atoms with van der Waals surface area (Å²) >= 11 is 0. The minimum Gasteiger partial charge on any atom is -0.516 e. The molecule has 0 radical (unpaired) electrons. The van der Waals surface area contributed by atoms with Crippen molar-refractivity contribution in [1.82, 2.24) is 4.98 Å². The van der Waals surface area contributed by atoms with E-state index in [-0.39, 0.29) is 46.8 Å². The normalized spacial score (nSPS) is 13.5. The van der Waals surface area contributed by atoms with E-state index in [0.29, 0.717) is 5.69 Å². The van der Waals surface area contributed by atoms with Crippen LogP contribution in [-0.2, 0) is 26.8 Å². The molecule has 1 aromatic carbocycles. The van der Waals surface area contributed by atoms with Crippen molar-refractivity contribution in [3.63, 3.8) is 0 Å². The van der Waals surface area contributed by atoms with E-state index in [4.69, 9.17) is 13.6 Å². The van der Waals surface area contributed by atoms with Crippen molar-refractivity contribution in [1.29, 1.82) is 0 Å². The summed E-state index contributed by atoms with van der Waals surface area (Å²) in [7, 11) is -4.35. The van der Waals surface area contributed by atoms with Gasteiger partial charge in [0.1, 0.15) is 6.61 Å². The van der Waals surface area contributed by atoms with Gasteiger partial charge < -0.3 is 13.6 Å². The number of cyclic esters (lactones) is 1. The fourth-order valence-electron chi connectivity index (χ4n) is 3.27. The lowest BCUT2D eigenvalue weighted by Crippen LogP contribution is -2.31. The molecule has 0 spiro atoms. The van der Waals surface area contributed by atoms with Gasteiger partial charge in [-0.25, -0.2) is 14.6 Å². The fourth-order valence-corrected chi connectivity index (χ4v) is 4.50. The van der Waals surface area contributed by atoms with Crippen LogP contribution in [0.1, 0.15) is 32.1 Å². The van der Waals surface area contributed by atoms with Gasteiger partial charge in [-0.15, -0.1) is 0 Å². The molecule has 2 aromatic rings. The number of nitrogens with zero attached hydrogens (tertiary/aromatic N) is 2. The average molecular weight is 475 g/mol. The Morgan fingerprint density at radius 1 is 1.12 bits per heavy atom. The SMILES string of the molecule is C[Si](C)(C)OCc1nc2c(c(-c3ccccc3[N+](=O)[O-])c1C(=O)O[Si](C)(C)C)C(=O)OC2. The first-order valence-corrected chi connectivity index (χ1v) is 16.9. The molecule has 11 heteroatoms. The van der Waals surface area contributed by atoms with Crippen molar-refractivity contribution in [2.45, 2.75) is 52.5 Å². The maximum Gasteiger partial charge on any atom is 0.341 e. The number of pyridine rings is 1. The van der Waals surface area contributed by atoms with Gasteiger partial charge >= 0.3 is 11.9 Å². The van der Waals surface area contributed by atoms with Crippen molar-refractivity contribution in [3.05, 3.63) is 56.9 Å². The molecule has 1 aromatic heterocycles. The minimum absolute atomic E-state index is 0.0116. The topological polar surface area (TPSA) is 118 Å². The zero-order chi connectivity index (χ0) is 23.8. The third-order valence-electron chi connectivity index (χ3n) is 4.51. The second-order valence-electron chi connectivity index (χ2n) is 9.38. The molecule has 32 heavy (non-hydrogen) atoms. The second kappa shape index (κ2) is 8.56. The monoisotopic (exact) mass is 474 g/mol. The standard InChI is InChI=1S/C21H26N2O7Si2/c1-31(2,3)29-12-15-19(21(25)30-32(4,5)6)17(18-14(22-15)11-28-20(18)24)13-9-7-8-10-16(13)23(26)27/h7-10H,11-12H2,1-6H3. The highest BCUT2D eigenvalue weighted by Crippen LogP contribution is 2.40. The van der Waals surface area contributed by atoms with Crippen LogP contribution in [0.15, 0.2) is 24.3 Å². The molecule has 2 heterocycles. The van der Waals surface area contributed by atoms with E-state index in [2.05, 4.69) is 4.98 Å². The van der Waals surface area contributed by atoms with E-state index in [0.717, 1.165) is 0 Å². The van der Waals surface area contributed by atoms with Gasteiger partial charge in [-0.2, -0.15) is 0 Å². The number of carbonyl (C=O) groups is 2. The average Bonchev–Trinajstić information content (AvgIpc) is 3.03. The molecule has 0 saturated carbocycles. The van der Waals surface area contributed by atoms with Crippen LogP contribution in [0.2, 0.25) is 39.3 Å². The summed E-state index contributed by atoms with van der Waals surface area (Å²) in [5.41, 5.74) is 0.674. The minimum atomic E-state index is -2.35. The number of benzene rings is 1. The summed E-state index contributed by atoms with van der Waals surface area (Å²) in [6, 6.07) is 5.97. The molecular formula is C21H26N2O7Si2. The van der Waals surface area contributed by atoms with Crippen LogP contribution in [0.25, 0.3) is 11.1 Å². The van der Waals surface area contributed by atoms with Gasteiger partial charge in [-0.05, 0) is 45.3 Å². The lowest BCUT2D eigenvalue weighted by atomic mass is 9.92. The third-order valence-corrected chi connectivity index (χ3v) is 6.31. The van der Waals surface area contributed by atoms with E-state index in [9.17, 15) is 19.7 Å². The number of ether oxygens (including phenoxy) is 1. The van der Waals surface area contributed by atoms with E-state index in [1.165, 1.54) is 18.2 Å². The predicted molar refractivity (Wildman–Crippen MR) is 122 cm³/mol. The Hall–Kier alpha value is -2.90. The highest BCUT2D eigenvalue weighted by atomic mass is 28.4. The van der Waals surface area contributed by atoms with Gasteiger partial charge in [-0.3, -0.25) is 10.1 Å². The van der Waals surface area contributed by atoms with Gasteiger partial charge in [-0.1, -0.05) is 12.1 Å². The Morgan fingerprint density at radius 3 is 2.38 bits per heavy atom. The number of fused-ring (bicyclic) bond motifs is 1. The summed E-state index contributed by atoms with van der Waals surface area (Å²) in [6.07, 6.45) is 0. The summed E-state index contributed by atoms with van der Waals surface area (Å²) in [4.78, 5) is 41.8. The van der Waals surface area contributed by atoms with Crippen molar-refractivity contribution in [3.8, 4) is 11.1 Å². The summed E-state index contributed by atoms with van der Waals surface area (Å²) in [5, 5.41) is 11.8. The van der Waals surface area contributed by atoms with E-state index in [1.807, 2.05) is 39.3 Å². The number of carbonyl (C=O) groups excluding carboxylic acids is 2. The van der Waals surface area contributed by atoms with E-state index in [1.54, 1.807) is 6.07 Å². The number of aromatic nitrogens is 1. The van der Waals surface area contributed by atoms with Crippen LogP contribution >= 0.6 is 0 Å². The van der Waals surface area contributed by atoms with Gasteiger partial charge in [0.05, 0.1) is 39.6 Å². The fraction of sp³-hybridized carbons (Fsp3) is 0.381. The highest BCUT2D eigenvalue weighted by Gasteiger charge is 2.37. The number of hydrogen-bond acceptors (Lipinski definition) is 8. The Bertz CT molecular complexity index is 1100. The number of esters is 1. The van der Waals surface area contributed by atoms with Gasteiger partial charge in [0.15, 0.2) is 8.32 Å². The number of para-hydroxylation sites is 1. The molecule has 0 amide bonds. The summed E-state index contributed by atoms with van der Waals surface area (Å²) in [6.45, 7) is 11.5. The first-order chi connectivity index (χ1) is 14.8. The number of rotatable bonds is 7. The molecule has 0 saturated heterocycles. The van der Waals surface area contributed by atoms with Crippen LogP contribution in [0.4, 0.5) is 5.69 Å². The maximum atomic E-state index is 13.4. The summed E-state index contributed by atoms with van der Waals surface area (Å²) in [5.74, 6) is -1.36. The number of hydrogen-bond donors (Lipinski definition) is 0. The van der Waals surface area contributed by atoms with Crippen molar-refractivity contribution < 1.29 is 28.1 Å². The number of nitro groups is 1. The van der Waals surface area contributed by atoms with E-state index < -0.39 is 33.5 Å². The Kier molecular flexibility index (Phi) is 6.36. The van der Waals surface area contributed by atoms with Crippen LogP contribution < -0.4 is 0 Å². The third kappa shape index (κ3) is 5.11. The second-order valence-corrected chi connectivity index (χ2v) is 18.3. The first kappa shape index (κ1) is 23.8. The van der Waals surface area contributed by atoms with Crippen LogP contribution in [0.3, 0.4) is 0 Å². The van der Waals surface area contributed by atoms with Gasteiger partial charge in [0.2, 0.25) is 8.32 Å². The van der Waals surface area contributed by atoms with Crippen LogP contribution in [0, 0.1) is 10.1 Å². The molecule has 1 aliphatic heterocycles. The lowest BCUT2D eigenvalue weighted by Gasteiger charge is -2.23. The Balaban J connectivity index is 2.37. The molecule has 0 aliphatic carbocycles. The molecule has 1 aliphatic rings. The maximum absolute atomic E-state index is 13.4. The van der Waals surface area contributed by atoms with Crippen molar-refractivity contribution in [2.75, 3.05) is 0 Å². The number of nitro benzene ring substituents is 1. The molecule has 9 nitrogen and oxygen atoms in total. The molecule has 0 bridgehead atoms. The van der Waals surface area contributed by atoms with Crippen LogP contribution in [-0.4, -0.2) is 38.5 Å². The molecule has 0 unspecified atom stereocenters. The molecular weight excluding hydrogens is 448 g/mol. The zero-order valence-corrected chi connectivity index (χ0v) is 21.0. The molecule has 0 fully saturated rings. The van der Waals surface area contributed by atoms with Crippen molar-refractivity contribution >= 4 is 34.3 Å². The zero-order valence-electron chi connectivity index (χ0n) is 19.0. The lowest BCUT2D eigenvalue weighted by molar-refractivity contribution is -0.384. The molecule has 0 N–H and O–H groups in total. The van der Waals surface area contributed by atoms with Gasteiger partial charge in [0, 0.05) is 11.6 Å². The van der Waals surface area contributed by atoms with Crippen LogP contribution in [0.5, 0.6) is 0 Å². The first-order valence-electron chi connectivity index (χ1n) is 10.1.